The first-order chi connectivity index (χ1) is 14.0. The summed E-state index contributed by atoms with van der Waals surface area (Å²) in [6, 6.07) is 11.1. The highest BCUT2D eigenvalue weighted by molar-refractivity contribution is 7.89. The predicted octanol–water partition coefficient (Wildman–Crippen LogP) is 3.45. The molecule has 2 aromatic rings. The number of aromatic nitrogens is 1. The summed E-state index contributed by atoms with van der Waals surface area (Å²) in [4.78, 5) is 7.41. The minimum absolute atomic E-state index is 0.165. The van der Waals surface area contributed by atoms with E-state index >= 15 is 0 Å². The molecular weight excluding hydrogens is 386 g/mol. The van der Waals surface area contributed by atoms with Crippen molar-refractivity contribution in [3.8, 4) is 0 Å². The lowest BCUT2D eigenvalue weighted by atomic mass is 9.96. The number of morpholine rings is 1. The largest absolute Gasteiger partial charge is 0.378 e. The summed E-state index contributed by atoms with van der Waals surface area (Å²) >= 11 is 0. The van der Waals surface area contributed by atoms with Crippen LogP contribution in [0.15, 0.2) is 41.3 Å². The molecule has 0 unspecified atom stereocenters. The first-order valence-electron chi connectivity index (χ1n) is 10.4. The van der Waals surface area contributed by atoms with Crippen molar-refractivity contribution in [2.45, 2.75) is 44.0 Å². The summed E-state index contributed by atoms with van der Waals surface area (Å²) in [5.41, 5.74) is 2.97. The van der Waals surface area contributed by atoms with Gasteiger partial charge in [-0.1, -0.05) is 30.2 Å². The maximum absolute atomic E-state index is 13.4. The van der Waals surface area contributed by atoms with Crippen LogP contribution >= 0.6 is 0 Å². The van der Waals surface area contributed by atoms with E-state index in [0.717, 1.165) is 55.0 Å². The fourth-order valence-corrected chi connectivity index (χ4v) is 5.90. The maximum Gasteiger partial charge on any atom is 0.243 e. The van der Waals surface area contributed by atoms with Crippen molar-refractivity contribution in [3.05, 3.63) is 53.2 Å². The van der Waals surface area contributed by atoms with Crippen LogP contribution < -0.4 is 4.90 Å². The van der Waals surface area contributed by atoms with Crippen LogP contribution in [0.4, 0.5) is 5.82 Å². The minimum atomic E-state index is -3.54. The van der Waals surface area contributed by atoms with E-state index in [-0.39, 0.29) is 6.04 Å². The van der Waals surface area contributed by atoms with Crippen LogP contribution in [0.2, 0.25) is 0 Å². The van der Waals surface area contributed by atoms with Crippen LogP contribution in [0.3, 0.4) is 0 Å². The van der Waals surface area contributed by atoms with E-state index in [4.69, 9.17) is 9.72 Å². The van der Waals surface area contributed by atoms with E-state index in [9.17, 15) is 8.42 Å². The third-order valence-electron chi connectivity index (χ3n) is 5.89. The third-order valence-corrected chi connectivity index (χ3v) is 7.81. The van der Waals surface area contributed by atoms with Crippen molar-refractivity contribution < 1.29 is 13.2 Å². The number of pyridine rings is 1. The predicted molar refractivity (Wildman–Crippen MR) is 114 cm³/mol. The van der Waals surface area contributed by atoms with Crippen molar-refractivity contribution in [2.75, 3.05) is 37.7 Å². The molecule has 1 aromatic heterocycles. The van der Waals surface area contributed by atoms with Gasteiger partial charge in [-0.15, -0.1) is 0 Å². The number of nitrogens with zero attached hydrogens (tertiary/aromatic N) is 3. The fraction of sp³-hybridized carbons (Fsp3) is 0.500. The molecule has 29 heavy (non-hydrogen) atoms. The second-order valence-corrected chi connectivity index (χ2v) is 9.77. The molecule has 3 heterocycles. The zero-order valence-electron chi connectivity index (χ0n) is 17.2. The third kappa shape index (κ3) is 4.17. The molecule has 0 spiro atoms. The van der Waals surface area contributed by atoms with E-state index in [0.29, 0.717) is 24.7 Å². The molecule has 0 aliphatic carbocycles. The highest BCUT2D eigenvalue weighted by Gasteiger charge is 2.35. The fourth-order valence-electron chi connectivity index (χ4n) is 4.23. The number of ether oxygens (including phenoxy) is 1. The van der Waals surface area contributed by atoms with Gasteiger partial charge in [0, 0.05) is 25.3 Å². The summed E-state index contributed by atoms with van der Waals surface area (Å²) in [5, 5.41) is 0. The number of sulfonamides is 1. The summed E-state index contributed by atoms with van der Waals surface area (Å²) in [6.45, 7) is 7.61. The number of hydrogen-bond donors (Lipinski definition) is 0. The zero-order chi connectivity index (χ0) is 20.4. The summed E-state index contributed by atoms with van der Waals surface area (Å²) < 4.78 is 33.9. The van der Waals surface area contributed by atoms with Gasteiger partial charge in [0.05, 0.1) is 24.2 Å². The molecule has 4 rings (SSSR count). The van der Waals surface area contributed by atoms with Gasteiger partial charge in [-0.05, 0) is 50.5 Å². The number of benzene rings is 1. The van der Waals surface area contributed by atoms with Crippen LogP contribution in [0.25, 0.3) is 0 Å². The highest BCUT2D eigenvalue weighted by atomic mass is 32.2. The van der Waals surface area contributed by atoms with Gasteiger partial charge >= 0.3 is 0 Å². The molecule has 0 N–H and O–H groups in total. The molecule has 0 radical (unpaired) electrons. The quantitative estimate of drug-likeness (QED) is 0.765. The Hall–Kier alpha value is -1.96. The van der Waals surface area contributed by atoms with Crippen LogP contribution in [0, 0.1) is 13.8 Å². The highest BCUT2D eigenvalue weighted by Crippen LogP contribution is 2.37. The average Bonchev–Trinajstić information content (AvgIpc) is 2.75. The van der Waals surface area contributed by atoms with Crippen molar-refractivity contribution in [3.63, 3.8) is 0 Å². The molecule has 2 fully saturated rings. The Morgan fingerprint density at radius 3 is 2.38 bits per heavy atom. The summed E-state index contributed by atoms with van der Waals surface area (Å²) in [6.07, 6.45) is 2.74. The zero-order valence-corrected chi connectivity index (χ0v) is 18.0. The molecule has 0 amide bonds. The maximum atomic E-state index is 13.4. The van der Waals surface area contributed by atoms with Crippen molar-refractivity contribution in [1.29, 1.82) is 0 Å². The number of hydrogen-bond acceptors (Lipinski definition) is 5. The molecule has 1 aromatic carbocycles. The monoisotopic (exact) mass is 415 g/mol. The van der Waals surface area contributed by atoms with E-state index in [1.165, 1.54) is 0 Å². The molecule has 2 saturated heterocycles. The molecule has 0 bridgehead atoms. The Bertz CT molecular complexity index is 954. The lowest BCUT2D eigenvalue weighted by Crippen LogP contribution is -2.39. The number of piperidine rings is 1. The van der Waals surface area contributed by atoms with E-state index in [1.54, 1.807) is 16.4 Å². The van der Waals surface area contributed by atoms with Gasteiger partial charge in [-0.25, -0.2) is 13.4 Å². The normalized spacial score (nSPS) is 21.3. The van der Waals surface area contributed by atoms with Crippen LogP contribution in [0.1, 0.15) is 42.1 Å². The Labute approximate surface area is 173 Å². The lowest BCUT2D eigenvalue weighted by Gasteiger charge is -2.36. The van der Waals surface area contributed by atoms with Crippen LogP contribution in [0.5, 0.6) is 0 Å². The number of anilines is 1. The van der Waals surface area contributed by atoms with Gasteiger partial charge in [-0.3, -0.25) is 0 Å². The number of rotatable bonds is 4. The van der Waals surface area contributed by atoms with E-state index in [2.05, 4.69) is 11.0 Å². The van der Waals surface area contributed by atoms with E-state index in [1.807, 2.05) is 32.0 Å². The lowest BCUT2D eigenvalue weighted by molar-refractivity contribution is 0.122. The Kier molecular flexibility index (Phi) is 5.90. The van der Waals surface area contributed by atoms with Crippen LogP contribution in [-0.2, 0) is 14.8 Å². The van der Waals surface area contributed by atoms with Gasteiger partial charge in [-0.2, -0.15) is 4.31 Å². The molecule has 0 saturated carbocycles. The molecular formula is C22H29N3O3S. The minimum Gasteiger partial charge on any atom is -0.378 e. The Balaban J connectivity index is 1.64. The summed E-state index contributed by atoms with van der Waals surface area (Å²) in [5.74, 6) is 0.943. The molecule has 2 aliphatic heterocycles. The topological polar surface area (TPSA) is 62.7 Å². The molecule has 6 nitrogen and oxygen atoms in total. The van der Waals surface area contributed by atoms with Gasteiger partial charge < -0.3 is 9.64 Å². The molecule has 2 aliphatic rings. The van der Waals surface area contributed by atoms with Gasteiger partial charge in [0.1, 0.15) is 5.82 Å². The summed E-state index contributed by atoms with van der Waals surface area (Å²) in [7, 11) is -3.54. The van der Waals surface area contributed by atoms with Gasteiger partial charge in [0.15, 0.2) is 0 Å². The standard InChI is InChI=1S/C22H29N3O3S/c1-17-6-8-19(9-7-17)29(26,27)25-12-4-3-5-21(25)20-10-11-22(23-18(20)2)24-13-15-28-16-14-24/h6-11,21H,3-5,12-16H2,1-2H3/t21-/m1/s1. The van der Waals surface area contributed by atoms with E-state index < -0.39 is 10.0 Å². The molecule has 156 valence electrons. The second kappa shape index (κ2) is 8.42. The SMILES string of the molecule is Cc1ccc(S(=O)(=O)N2CCCC[C@@H]2c2ccc(N3CCOCC3)nc2C)cc1. The first-order valence-corrected chi connectivity index (χ1v) is 11.8. The molecule has 1 atom stereocenters. The van der Waals surface area contributed by atoms with Gasteiger partial charge in [0.2, 0.25) is 10.0 Å². The first kappa shape index (κ1) is 20.3. The van der Waals surface area contributed by atoms with Crippen molar-refractivity contribution in [1.82, 2.24) is 9.29 Å². The van der Waals surface area contributed by atoms with Gasteiger partial charge in [0.25, 0.3) is 0 Å². The average molecular weight is 416 g/mol. The smallest absolute Gasteiger partial charge is 0.243 e. The van der Waals surface area contributed by atoms with Crippen molar-refractivity contribution in [2.24, 2.45) is 0 Å². The Morgan fingerprint density at radius 1 is 0.966 bits per heavy atom. The van der Waals surface area contributed by atoms with Crippen molar-refractivity contribution >= 4 is 15.8 Å². The van der Waals surface area contributed by atoms with Crippen LogP contribution in [-0.4, -0.2) is 50.6 Å². The number of aryl methyl sites for hydroxylation is 2. The molecule has 7 heteroatoms. The second-order valence-electron chi connectivity index (χ2n) is 7.88. The Morgan fingerprint density at radius 2 is 1.69 bits per heavy atom.